The number of aromatic amines is 1. The molecule has 0 unspecified atom stereocenters. The molecule has 0 bridgehead atoms. The molecule has 4 aromatic heterocycles. The molecule has 0 spiro atoms. The van der Waals surface area contributed by atoms with Gasteiger partial charge in [-0.3, -0.25) is 19.3 Å². The Kier molecular flexibility index (Phi) is 7.00. The molecule has 11 nitrogen and oxygen atoms in total. The second-order valence-corrected chi connectivity index (χ2v) is 12.6. The zero-order valence-corrected chi connectivity index (χ0v) is 24.7. The Morgan fingerprint density at radius 2 is 1.88 bits per heavy atom. The molecule has 42 heavy (non-hydrogen) atoms. The number of carbonyl (C=O) groups is 1. The summed E-state index contributed by atoms with van der Waals surface area (Å²) < 4.78 is 7.16. The van der Waals surface area contributed by atoms with E-state index in [9.17, 15) is 9.59 Å². The summed E-state index contributed by atoms with van der Waals surface area (Å²) in [5, 5.41) is 4.41. The molecule has 2 aliphatic carbocycles. The number of fused-ring (bicyclic) bond motifs is 2. The fourth-order valence-electron chi connectivity index (χ4n) is 7.34. The molecule has 12 heteroatoms. The standard InChI is InChI=1S/C30H35ClN8O3/c1-17-6-8-19(9-7-17)16-39-27-22(34-29(39)38-11-10-37(18(2)40)24-4-3-5-25(24)38)13-23(28-35-30(41)42-36-28)33-26(27)20-12-21(31)15-32-14-20/h12-15,17,19,24-25H,3-11,16H2,1-2H3,(H,35,36,41)/t17?,19?,24-,25-/m0/s1. The van der Waals surface area contributed by atoms with E-state index in [0.717, 1.165) is 60.8 Å². The van der Waals surface area contributed by atoms with Crippen LogP contribution in [0.2, 0.25) is 5.02 Å². The van der Waals surface area contributed by atoms with E-state index in [1.54, 1.807) is 19.3 Å². The molecule has 3 aliphatic rings. The van der Waals surface area contributed by atoms with E-state index >= 15 is 0 Å². The van der Waals surface area contributed by atoms with Gasteiger partial charge in [-0.05, 0) is 56.1 Å². The summed E-state index contributed by atoms with van der Waals surface area (Å²) in [5.74, 6) is 1.91. The van der Waals surface area contributed by atoms with Crippen molar-refractivity contribution >= 4 is 34.5 Å². The van der Waals surface area contributed by atoms with Crippen molar-refractivity contribution < 1.29 is 9.32 Å². The van der Waals surface area contributed by atoms with Crippen molar-refractivity contribution in [3.05, 3.63) is 40.1 Å². The maximum atomic E-state index is 12.5. The second-order valence-electron chi connectivity index (χ2n) is 12.2. The minimum absolute atomic E-state index is 0.141. The molecular weight excluding hydrogens is 556 g/mol. The van der Waals surface area contributed by atoms with Crippen LogP contribution in [0.3, 0.4) is 0 Å². The third-order valence-electron chi connectivity index (χ3n) is 9.43. The normalized spacial score (nSPS) is 24.4. The Bertz CT molecular complexity index is 1690. The number of halogens is 1. The van der Waals surface area contributed by atoms with E-state index in [0.29, 0.717) is 28.9 Å². The fourth-order valence-corrected chi connectivity index (χ4v) is 7.52. The Morgan fingerprint density at radius 3 is 2.62 bits per heavy atom. The number of piperazine rings is 1. The number of amides is 1. The van der Waals surface area contributed by atoms with Crippen molar-refractivity contribution in [2.45, 2.75) is 77.4 Å². The molecule has 1 amide bonds. The van der Waals surface area contributed by atoms with Crippen LogP contribution in [0.15, 0.2) is 33.8 Å². The number of pyridine rings is 2. The van der Waals surface area contributed by atoms with Gasteiger partial charge in [0.1, 0.15) is 5.69 Å². The van der Waals surface area contributed by atoms with Crippen LogP contribution in [0.5, 0.6) is 0 Å². The molecule has 1 saturated heterocycles. The summed E-state index contributed by atoms with van der Waals surface area (Å²) in [5.41, 5.74) is 3.54. The predicted octanol–water partition coefficient (Wildman–Crippen LogP) is 4.91. The Labute approximate surface area is 248 Å². The highest BCUT2D eigenvalue weighted by atomic mass is 35.5. The van der Waals surface area contributed by atoms with E-state index in [-0.39, 0.29) is 23.8 Å². The summed E-state index contributed by atoms with van der Waals surface area (Å²) in [6.45, 7) is 6.24. The van der Waals surface area contributed by atoms with Gasteiger partial charge in [0.25, 0.3) is 0 Å². The topological polar surface area (TPSA) is 126 Å². The smallest absolute Gasteiger partial charge is 0.336 e. The van der Waals surface area contributed by atoms with Gasteiger partial charge in [0.05, 0.1) is 33.8 Å². The minimum atomic E-state index is -0.647. The molecule has 4 aromatic rings. The van der Waals surface area contributed by atoms with Crippen LogP contribution >= 0.6 is 11.6 Å². The summed E-state index contributed by atoms with van der Waals surface area (Å²) >= 11 is 6.41. The first-order valence-electron chi connectivity index (χ1n) is 15.0. The lowest BCUT2D eigenvalue weighted by molar-refractivity contribution is -0.132. The van der Waals surface area contributed by atoms with E-state index in [2.05, 4.69) is 31.5 Å². The number of rotatable bonds is 5. The maximum Gasteiger partial charge on any atom is 0.439 e. The van der Waals surface area contributed by atoms with Crippen LogP contribution in [0.1, 0.15) is 58.8 Å². The predicted molar refractivity (Wildman–Crippen MR) is 159 cm³/mol. The van der Waals surface area contributed by atoms with Crippen LogP contribution in [0.4, 0.5) is 5.95 Å². The van der Waals surface area contributed by atoms with Gasteiger partial charge in [-0.25, -0.2) is 14.8 Å². The van der Waals surface area contributed by atoms with Crippen LogP contribution in [0.25, 0.3) is 33.8 Å². The number of carbonyl (C=O) groups excluding carboxylic acids is 1. The summed E-state index contributed by atoms with van der Waals surface area (Å²) in [7, 11) is 0. The first-order chi connectivity index (χ1) is 20.4. The highest BCUT2D eigenvalue weighted by Gasteiger charge is 2.42. The zero-order valence-electron chi connectivity index (χ0n) is 23.9. The molecule has 5 heterocycles. The molecule has 0 radical (unpaired) electrons. The molecule has 1 N–H and O–H groups in total. The SMILES string of the molecule is CC(=O)N1CCN(c2nc3cc(-c4noc(=O)[nH]4)nc(-c4cncc(Cl)c4)c3n2CC2CCC(C)CC2)[C@H]2CCC[C@@H]21. The number of hydrogen-bond acceptors (Lipinski definition) is 8. The van der Waals surface area contributed by atoms with Crippen molar-refractivity contribution in [2.24, 2.45) is 11.8 Å². The summed E-state index contributed by atoms with van der Waals surface area (Å²) in [4.78, 5) is 46.1. The lowest BCUT2D eigenvalue weighted by Crippen LogP contribution is -2.59. The van der Waals surface area contributed by atoms with E-state index < -0.39 is 5.76 Å². The van der Waals surface area contributed by atoms with Gasteiger partial charge in [0, 0.05) is 44.5 Å². The van der Waals surface area contributed by atoms with Crippen LogP contribution < -0.4 is 10.7 Å². The number of hydrogen-bond donors (Lipinski definition) is 1. The van der Waals surface area contributed by atoms with Gasteiger partial charge in [-0.2, -0.15) is 0 Å². The van der Waals surface area contributed by atoms with Crippen molar-refractivity contribution in [3.63, 3.8) is 0 Å². The van der Waals surface area contributed by atoms with E-state index in [1.807, 2.05) is 17.0 Å². The molecule has 3 fully saturated rings. The van der Waals surface area contributed by atoms with E-state index in [1.165, 1.54) is 25.7 Å². The second kappa shape index (κ2) is 10.8. The number of nitrogens with zero attached hydrogens (tertiary/aromatic N) is 7. The molecule has 1 aliphatic heterocycles. The highest BCUT2D eigenvalue weighted by molar-refractivity contribution is 6.30. The Hall–Kier alpha value is -3.73. The maximum absolute atomic E-state index is 12.5. The van der Waals surface area contributed by atoms with Crippen molar-refractivity contribution in [1.29, 1.82) is 0 Å². The van der Waals surface area contributed by atoms with Gasteiger partial charge < -0.3 is 14.4 Å². The molecule has 7 rings (SSSR count). The lowest BCUT2D eigenvalue weighted by Gasteiger charge is -2.45. The van der Waals surface area contributed by atoms with Gasteiger partial charge in [0.15, 0.2) is 0 Å². The van der Waals surface area contributed by atoms with Crippen molar-refractivity contribution in [3.8, 4) is 22.8 Å². The van der Waals surface area contributed by atoms with Crippen LogP contribution in [-0.2, 0) is 11.3 Å². The van der Waals surface area contributed by atoms with Gasteiger partial charge >= 0.3 is 5.76 Å². The first kappa shape index (κ1) is 27.1. The average Bonchev–Trinajstić information content (AvgIpc) is 3.72. The number of nitrogens with one attached hydrogen (secondary N) is 1. The van der Waals surface area contributed by atoms with E-state index in [4.69, 9.17) is 26.1 Å². The minimum Gasteiger partial charge on any atom is -0.336 e. The molecule has 220 valence electrons. The van der Waals surface area contributed by atoms with Crippen LogP contribution in [-0.4, -0.2) is 65.6 Å². The molecule has 2 saturated carbocycles. The largest absolute Gasteiger partial charge is 0.439 e. The zero-order chi connectivity index (χ0) is 29.0. The summed E-state index contributed by atoms with van der Waals surface area (Å²) in [6.07, 6.45) is 11.3. The molecular formula is C30H35ClN8O3. The quantitative estimate of drug-likeness (QED) is 0.348. The first-order valence-corrected chi connectivity index (χ1v) is 15.4. The monoisotopic (exact) mass is 590 g/mol. The molecule has 0 aromatic carbocycles. The fraction of sp³-hybridized carbons (Fsp3) is 0.533. The number of imidazole rings is 1. The number of H-pyrrole nitrogens is 1. The Balaban J connectivity index is 1.43. The molecule has 2 atom stereocenters. The summed E-state index contributed by atoms with van der Waals surface area (Å²) in [6, 6.07) is 4.11. The van der Waals surface area contributed by atoms with Crippen molar-refractivity contribution in [2.75, 3.05) is 18.0 Å². The third kappa shape index (κ3) is 4.87. The van der Waals surface area contributed by atoms with Gasteiger partial charge in [0.2, 0.25) is 17.7 Å². The third-order valence-corrected chi connectivity index (χ3v) is 9.64. The van der Waals surface area contributed by atoms with Crippen molar-refractivity contribution in [1.82, 2.24) is 34.6 Å². The van der Waals surface area contributed by atoms with Gasteiger partial charge in [-0.1, -0.05) is 36.5 Å². The number of anilines is 1. The Morgan fingerprint density at radius 1 is 1.07 bits per heavy atom. The van der Waals surface area contributed by atoms with Gasteiger partial charge in [-0.15, -0.1) is 0 Å². The lowest BCUT2D eigenvalue weighted by atomic mass is 9.83. The van der Waals surface area contributed by atoms with Crippen LogP contribution in [0, 0.1) is 11.8 Å². The highest BCUT2D eigenvalue weighted by Crippen LogP contribution is 2.40. The number of aromatic nitrogens is 6. The average molecular weight is 591 g/mol.